The molecule has 0 N–H and O–H groups in total. The maximum atomic E-state index is 12.0. The van der Waals surface area contributed by atoms with Crippen LogP contribution in [0.5, 0.6) is 0 Å². The van der Waals surface area contributed by atoms with E-state index in [0.717, 1.165) is 31.6 Å². The Kier molecular flexibility index (Phi) is 5.85. The van der Waals surface area contributed by atoms with E-state index in [-0.39, 0.29) is 6.10 Å². The molecule has 0 aliphatic heterocycles. The molecule has 2 rings (SSSR count). The van der Waals surface area contributed by atoms with Crippen molar-refractivity contribution in [2.75, 3.05) is 0 Å². The van der Waals surface area contributed by atoms with Gasteiger partial charge in [0.1, 0.15) is 6.10 Å². The van der Waals surface area contributed by atoms with E-state index in [9.17, 15) is 4.79 Å². The Labute approximate surface area is 140 Å². The number of carbonyl (C=O) groups is 1. The van der Waals surface area contributed by atoms with Crippen LogP contribution in [0.25, 0.3) is 0 Å². The van der Waals surface area contributed by atoms with Crippen LogP contribution in [0.4, 0.5) is 0 Å². The van der Waals surface area contributed by atoms with Crippen LogP contribution in [0, 0.1) is 11.3 Å². The molecule has 128 valence electrons. The van der Waals surface area contributed by atoms with Gasteiger partial charge in [-0.05, 0) is 60.6 Å². The largest absolute Gasteiger partial charge is 0.373 e. The maximum absolute atomic E-state index is 12.0. The highest BCUT2D eigenvalue weighted by Gasteiger charge is 2.31. The number of hydrogen-bond acceptors (Lipinski definition) is 3. The predicted molar refractivity (Wildman–Crippen MR) is 92.2 cm³/mol. The molecule has 0 bridgehead atoms. The van der Waals surface area contributed by atoms with Crippen LogP contribution in [0.2, 0.25) is 0 Å². The van der Waals surface area contributed by atoms with Crippen molar-refractivity contribution < 1.29 is 14.6 Å². The minimum atomic E-state index is -0.404. The van der Waals surface area contributed by atoms with Gasteiger partial charge in [-0.1, -0.05) is 46.8 Å². The first-order chi connectivity index (χ1) is 10.8. The van der Waals surface area contributed by atoms with Crippen molar-refractivity contribution >= 4 is 5.97 Å². The predicted octanol–water partition coefficient (Wildman–Crippen LogP) is 5.50. The van der Waals surface area contributed by atoms with Crippen LogP contribution in [0.3, 0.4) is 0 Å². The van der Waals surface area contributed by atoms with Gasteiger partial charge in [-0.25, -0.2) is 4.79 Å². The fraction of sp³-hybridized carbons (Fsp3) is 0.650. The first-order valence-corrected chi connectivity index (χ1v) is 8.75. The zero-order valence-electron chi connectivity index (χ0n) is 15.1. The Morgan fingerprint density at radius 3 is 2.09 bits per heavy atom. The molecule has 1 aliphatic rings. The smallest absolute Gasteiger partial charge is 0.293 e. The summed E-state index contributed by atoms with van der Waals surface area (Å²) in [6.45, 7) is 11.1. The van der Waals surface area contributed by atoms with Crippen LogP contribution < -0.4 is 0 Å². The number of rotatable bonds is 4. The van der Waals surface area contributed by atoms with Gasteiger partial charge in [0.25, 0.3) is 0 Å². The van der Waals surface area contributed by atoms with E-state index in [1.165, 1.54) is 5.56 Å². The van der Waals surface area contributed by atoms with Gasteiger partial charge in [0, 0.05) is 0 Å². The number of carbonyl (C=O) groups excluding carboxylic acids is 1. The van der Waals surface area contributed by atoms with Crippen LogP contribution in [-0.2, 0) is 9.78 Å². The van der Waals surface area contributed by atoms with Crippen molar-refractivity contribution in [3.05, 3.63) is 35.4 Å². The summed E-state index contributed by atoms with van der Waals surface area (Å²) < 4.78 is 0. The molecule has 1 aromatic carbocycles. The maximum Gasteiger partial charge on any atom is 0.373 e. The summed E-state index contributed by atoms with van der Waals surface area (Å²) >= 11 is 0. The molecule has 1 fully saturated rings. The lowest BCUT2D eigenvalue weighted by atomic mass is 9.72. The second-order valence-electron chi connectivity index (χ2n) is 8.08. The summed E-state index contributed by atoms with van der Waals surface area (Å²) in [7, 11) is 0. The van der Waals surface area contributed by atoms with E-state index in [4.69, 9.17) is 9.78 Å². The molecule has 23 heavy (non-hydrogen) atoms. The first kappa shape index (κ1) is 18.0. The Hall–Kier alpha value is -1.35. The monoisotopic (exact) mass is 318 g/mol. The van der Waals surface area contributed by atoms with Crippen molar-refractivity contribution in [3.63, 3.8) is 0 Å². The Bertz CT molecular complexity index is 503. The summed E-state index contributed by atoms with van der Waals surface area (Å²) in [6, 6.07) is 7.54. The summed E-state index contributed by atoms with van der Waals surface area (Å²) in [5.74, 6) is 0.772. The van der Waals surface area contributed by atoms with E-state index in [2.05, 4.69) is 34.6 Å². The molecule has 0 aromatic heterocycles. The molecule has 0 heterocycles. The molecule has 0 atom stereocenters. The first-order valence-electron chi connectivity index (χ1n) is 8.75. The van der Waals surface area contributed by atoms with Gasteiger partial charge < -0.3 is 0 Å². The van der Waals surface area contributed by atoms with Gasteiger partial charge >= 0.3 is 5.97 Å². The third-order valence-corrected chi connectivity index (χ3v) is 4.97. The van der Waals surface area contributed by atoms with Crippen molar-refractivity contribution in [2.24, 2.45) is 11.3 Å². The lowest BCUT2D eigenvalue weighted by molar-refractivity contribution is -0.281. The molecule has 0 saturated heterocycles. The van der Waals surface area contributed by atoms with Crippen molar-refractivity contribution in [2.45, 2.75) is 72.3 Å². The second-order valence-corrected chi connectivity index (χ2v) is 8.08. The molecule has 3 nitrogen and oxygen atoms in total. The molecule has 0 unspecified atom stereocenters. The molecule has 1 aromatic rings. The Morgan fingerprint density at radius 2 is 1.61 bits per heavy atom. The molecule has 0 amide bonds. The lowest BCUT2D eigenvalue weighted by Gasteiger charge is -2.36. The van der Waals surface area contributed by atoms with Crippen molar-refractivity contribution in [1.29, 1.82) is 0 Å². The topological polar surface area (TPSA) is 35.5 Å². The van der Waals surface area contributed by atoms with Gasteiger partial charge in [-0.3, -0.25) is 4.89 Å². The summed E-state index contributed by atoms with van der Waals surface area (Å²) in [6.07, 6.45) is 4.22. The van der Waals surface area contributed by atoms with Crippen molar-refractivity contribution in [1.82, 2.24) is 0 Å². The van der Waals surface area contributed by atoms with Gasteiger partial charge in [-0.2, -0.15) is 4.89 Å². The van der Waals surface area contributed by atoms with E-state index >= 15 is 0 Å². The van der Waals surface area contributed by atoms with Crippen molar-refractivity contribution in [3.8, 4) is 0 Å². The quantitative estimate of drug-likeness (QED) is 0.543. The Morgan fingerprint density at radius 1 is 1.04 bits per heavy atom. The molecule has 1 aliphatic carbocycles. The highest BCUT2D eigenvalue weighted by molar-refractivity contribution is 5.88. The Balaban J connectivity index is 1.79. The van der Waals surface area contributed by atoms with E-state index in [0.29, 0.717) is 16.9 Å². The molecular weight excluding hydrogens is 288 g/mol. The average molecular weight is 318 g/mol. The van der Waals surface area contributed by atoms with Crippen LogP contribution in [0.1, 0.15) is 82.1 Å². The van der Waals surface area contributed by atoms with Crippen LogP contribution in [0.15, 0.2) is 24.3 Å². The minimum Gasteiger partial charge on any atom is -0.293 e. The van der Waals surface area contributed by atoms with E-state index in [1.807, 2.05) is 12.1 Å². The highest BCUT2D eigenvalue weighted by atomic mass is 17.2. The molecule has 1 saturated carbocycles. The summed E-state index contributed by atoms with van der Waals surface area (Å²) in [5, 5.41) is 0. The van der Waals surface area contributed by atoms with E-state index in [1.54, 1.807) is 12.1 Å². The fourth-order valence-electron chi connectivity index (χ4n) is 3.19. The molecular formula is C20H30O3. The average Bonchev–Trinajstić information content (AvgIpc) is 2.52. The summed E-state index contributed by atoms with van der Waals surface area (Å²) in [5.41, 5.74) is 2.10. The number of benzene rings is 1. The van der Waals surface area contributed by atoms with E-state index < -0.39 is 5.97 Å². The SMILES string of the molecule is CC(C)c1ccc(C(=O)OOC2CCC(C(C)(C)C)CC2)cc1. The standard InChI is InChI=1S/C20H30O3/c1-14(2)15-6-8-16(9-7-15)19(21)23-22-18-12-10-17(11-13-18)20(3,4)5/h6-9,14,17-18H,10-13H2,1-5H3. The fourth-order valence-corrected chi connectivity index (χ4v) is 3.19. The second kappa shape index (κ2) is 7.48. The lowest BCUT2D eigenvalue weighted by Crippen LogP contribution is -2.29. The molecule has 0 radical (unpaired) electrons. The van der Waals surface area contributed by atoms with Gasteiger partial charge in [-0.15, -0.1) is 0 Å². The normalized spacial score (nSPS) is 22.2. The van der Waals surface area contributed by atoms with Crippen LogP contribution in [-0.4, -0.2) is 12.1 Å². The highest BCUT2D eigenvalue weighted by Crippen LogP contribution is 2.38. The van der Waals surface area contributed by atoms with Gasteiger partial charge in [0.05, 0.1) is 5.56 Å². The third kappa shape index (κ3) is 5.07. The minimum absolute atomic E-state index is 0.0347. The zero-order valence-corrected chi connectivity index (χ0v) is 15.1. The summed E-state index contributed by atoms with van der Waals surface area (Å²) in [4.78, 5) is 22.5. The van der Waals surface area contributed by atoms with Crippen LogP contribution >= 0.6 is 0 Å². The molecule has 0 spiro atoms. The zero-order chi connectivity index (χ0) is 17.0. The van der Waals surface area contributed by atoms with Gasteiger partial charge in [0.15, 0.2) is 0 Å². The number of hydrogen-bond donors (Lipinski definition) is 0. The van der Waals surface area contributed by atoms with Gasteiger partial charge in [0.2, 0.25) is 0 Å². The molecule has 3 heteroatoms. The third-order valence-electron chi connectivity index (χ3n) is 4.97.